The summed E-state index contributed by atoms with van der Waals surface area (Å²) in [7, 11) is 0. The molecule has 0 saturated heterocycles. The quantitative estimate of drug-likeness (QED) is 0.867. The van der Waals surface area contributed by atoms with Gasteiger partial charge in [-0.1, -0.05) is 23.7 Å². The molecule has 23 heavy (non-hydrogen) atoms. The van der Waals surface area contributed by atoms with Crippen LogP contribution in [0, 0.1) is 27.7 Å². The monoisotopic (exact) mass is 332 g/mol. The highest BCUT2D eigenvalue weighted by molar-refractivity contribution is 6.30. The molecule has 3 nitrogen and oxygen atoms in total. The average molecular weight is 333 g/mol. The van der Waals surface area contributed by atoms with Gasteiger partial charge in [-0.05, 0) is 73.7 Å². The van der Waals surface area contributed by atoms with Crippen LogP contribution in [0.25, 0.3) is 0 Å². The van der Waals surface area contributed by atoms with Gasteiger partial charge in [-0.3, -0.25) is 0 Å². The van der Waals surface area contributed by atoms with Gasteiger partial charge in [-0.25, -0.2) is 4.79 Å². The molecule has 2 aromatic rings. The Morgan fingerprint density at radius 2 is 1.83 bits per heavy atom. The van der Waals surface area contributed by atoms with Gasteiger partial charge < -0.3 is 9.84 Å². The summed E-state index contributed by atoms with van der Waals surface area (Å²) < 4.78 is 5.82. The Labute approximate surface area is 141 Å². The zero-order valence-electron chi connectivity index (χ0n) is 13.8. The average Bonchev–Trinajstić information content (AvgIpc) is 2.45. The predicted molar refractivity (Wildman–Crippen MR) is 92.6 cm³/mol. The van der Waals surface area contributed by atoms with Gasteiger partial charge in [0, 0.05) is 11.4 Å². The van der Waals surface area contributed by atoms with Gasteiger partial charge in [0.05, 0.1) is 0 Å². The molecule has 0 amide bonds. The first-order valence-corrected chi connectivity index (χ1v) is 7.88. The fourth-order valence-corrected chi connectivity index (χ4v) is 2.77. The molecule has 0 heterocycles. The number of carboxylic acid groups (broad SMARTS) is 1. The van der Waals surface area contributed by atoms with Gasteiger partial charge in [0.1, 0.15) is 5.75 Å². The zero-order chi connectivity index (χ0) is 17.1. The highest BCUT2D eigenvalue weighted by Crippen LogP contribution is 2.26. The van der Waals surface area contributed by atoms with E-state index in [0.29, 0.717) is 17.2 Å². The molecule has 1 atom stereocenters. The zero-order valence-corrected chi connectivity index (χ0v) is 14.6. The summed E-state index contributed by atoms with van der Waals surface area (Å²) in [6, 6.07) is 9.39. The first-order chi connectivity index (χ1) is 10.8. The second kappa shape index (κ2) is 7.05. The summed E-state index contributed by atoms with van der Waals surface area (Å²) in [5.41, 5.74) is 4.99. The van der Waals surface area contributed by atoms with E-state index in [9.17, 15) is 9.90 Å². The molecule has 0 bridgehead atoms. The Morgan fingerprint density at radius 3 is 2.43 bits per heavy atom. The summed E-state index contributed by atoms with van der Waals surface area (Å²) in [5, 5.41) is 10.2. The Kier molecular flexibility index (Phi) is 5.32. The van der Waals surface area contributed by atoms with Gasteiger partial charge in [0.2, 0.25) is 0 Å². The molecule has 0 aliphatic carbocycles. The van der Waals surface area contributed by atoms with Crippen LogP contribution in [0.4, 0.5) is 0 Å². The van der Waals surface area contributed by atoms with Crippen molar-refractivity contribution in [3.05, 3.63) is 63.2 Å². The van der Waals surface area contributed by atoms with Crippen molar-refractivity contribution in [2.75, 3.05) is 0 Å². The summed E-state index contributed by atoms with van der Waals surface area (Å²) in [4.78, 5) is 11.6. The molecule has 2 aromatic carbocycles. The van der Waals surface area contributed by atoms with E-state index >= 15 is 0 Å². The van der Waals surface area contributed by atoms with Crippen molar-refractivity contribution in [2.45, 2.75) is 40.2 Å². The van der Waals surface area contributed by atoms with Crippen LogP contribution in [0.3, 0.4) is 0 Å². The van der Waals surface area contributed by atoms with Crippen LogP contribution >= 0.6 is 11.6 Å². The molecule has 0 aliphatic heterocycles. The number of hydrogen-bond donors (Lipinski definition) is 1. The first kappa shape index (κ1) is 17.4. The molecule has 0 unspecified atom stereocenters. The molecule has 1 N–H and O–H groups in total. The third-order valence-corrected chi connectivity index (χ3v) is 4.25. The van der Waals surface area contributed by atoms with Crippen molar-refractivity contribution >= 4 is 17.6 Å². The Balaban J connectivity index is 2.28. The van der Waals surface area contributed by atoms with Gasteiger partial charge in [0.25, 0.3) is 0 Å². The number of hydrogen-bond acceptors (Lipinski definition) is 2. The third-order valence-electron chi connectivity index (χ3n) is 4.02. The lowest BCUT2D eigenvalue weighted by molar-refractivity contribution is -0.145. The SMILES string of the molecule is Cc1cc(C)c(C)c(O[C@H](Cc2ccc(Cl)cc2C)C(=O)O)c1. The van der Waals surface area contributed by atoms with Gasteiger partial charge >= 0.3 is 5.97 Å². The summed E-state index contributed by atoms with van der Waals surface area (Å²) in [5.74, 6) is -0.348. The van der Waals surface area contributed by atoms with E-state index in [-0.39, 0.29) is 0 Å². The summed E-state index contributed by atoms with van der Waals surface area (Å²) >= 11 is 5.95. The van der Waals surface area contributed by atoms with Crippen LogP contribution in [-0.4, -0.2) is 17.2 Å². The van der Waals surface area contributed by atoms with Crippen LogP contribution < -0.4 is 4.74 Å². The lowest BCUT2D eigenvalue weighted by Crippen LogP contribution is -2.30. The highest BCUT2D eigenvalue weighted by Gasteiger charge is 2.22. The van der Waals surface area contributed by atoms with E-state index in [1.807, 2.05) is 45.9 Å². The van der Waals surface area contributed by atoms with Crippen LogP contribution in [0.2, 0.25) is 5.02 Å². The molecule has 0 spiro atoms. The van der Waals surface area contributed by atoms with Gasteiger partial charge in [-0.15, -0.1) is 0 Å². The van der Waals surface area contributed by atoms with Crippen molar-refractivity contribution in [3.8, 4) is 5.75 Å². The smallest absolute Gasteiger partial charge is 0.345 e. The Hall–Kier alpha value is -2.00. The van der Waals surface area contributed by atoms with Crippen molar-refractivity contribution in [1.82, 2.24) is 0 Å². The largest absolute Gasteiger partial charge is 0.478 e. The maximum Gasteiger partial charge on any atom is 0.345 e. The summed E-state index contributed by atoms with van der Waals surface area (Å²) in [6.07, 6.45) is -0.639. The lowest BCUT2D eigenvalue weighted by atomic mass is 10.0. The van der Waals surface area contributed by atoms with Crippen molar-refractivity contribution in [2.24, 2.45) is 0 Å². The van der Waals surface area contributed by atoms with Crippen molar-refractivity contribution in [3.63, 3.8) is 0 Å². The molecule has 0 aromatic heterocycles. The predicted octanol–water partition coefficient (Wildman–Crippen LogP) is 4.65. The van der Waals surface area contributed by atoms with Gasteiger partial charge in [0.15, 0.2) is 6.10 Å². The number of aliphatic carboxylic acids is 1. The first-order valence-electron chi connectivity index (χ1n) is 7.50. The minimum absolute atomic E-state index is 0.296. The number of carboxylic acids is 1. The van der Waals surface area contributed by atoms with Gasteiger partial charge in [-0.2, -0.15) is 0 Å². The normalized spacial score (nSPS) is 12.0. The van der Waals surface area contributed by atoms with E-state index in [1.54, 1.807) is 6.07 Å². The third kappa shape index (κ3) is 4.26. The highest BCUT2D eigenvalue weighted by atomic mass is 35.5. The molecule has 4 heteroatoms. The maximum absolute atomic E-state index is 11.6. The minimum Gasteiger partial charge on any atom is -0.478 e. The van der Waals surface area contributed by atoms with Crippen LogP contribution in [-0.2, 0) is 11.2 Å². The Morgan fingerprint density at radius 1 is 1.13 bits per heavy atom. The van der Waals surface area contributed by atoms with E-state index in [4.69, 9.17) is 16.3 Å². The lowest BCUT2D eigenvalue weighted by Gasteiger charge is -2.19. The topological polar surface area (TPSA) is 46.5 Å². The fourth-order valence-electron chi connectivity index (χ4n) is 2.54. The molecule has 122 valence electrons. The number of benzene rings is 2. The van der Waals surface area contributed by atoms with E-state index in [1.165, 1.54) is 0 Å². The molecule has 0 aliphatic rings. The number of carbonyl (C=O) groups is 1. The maximum atomic E-state index is 11.6. The second-order valence-electron chi connectivity index (χ2n) is 5.92. The van der Waals surface area contributed by atoms with E-state index in [2.05, 4.69) is 6.07 Å². The number of halogens is 1. The molecular formula is C19H21ClO3. The fraction of sp³-hybridized carbons (Fsp3) is 0.316. The van der Waals surface area contributed by atoms with Crippen LogP contribution in [0.1, 0.15) is 27.8 Å². The molecule has 0 saturated carbocycles. The van der Waals surface area contributed by atoms with Crippen LogP contribution in [0.15, 0.2) is 30.3 Å². The Bertz CT molecular complexity index is 738. The molecule has 2 rings (SSSR count). The summed E-state index contributed by atoms with van der Waals surface area (Å²) in [6.45, 7) is 7.82. The number of aryl methyl sites for hydroxylation is 3. The standard InChI is InChI=1S/C19H21ClO3/c1-11-7-12(2)14(4)17(8-11)23-18(19(21)22)10-15-5-6-16(20)9-13(15)3/h5-9,18H,10H2,1-4H3,(H,21,22)/t18-/m1/s1. The second-order valence-corrected chi connectivity index (χ2v) is 6.36. The molecule has 0 radical (unpaired) electrons. The van der Waals surface area contributed by atoms with E-state index < -0.39 is 12.1 Å². The number of ether oxygens (including phenoxy) is 1. The van der Waals surface area contributed by atoms with Crippen molar-refractivity contribution < 1.29 is 14.6 Å². The van der Waals surface area contributed by atoms with E-state index in [0.717, 1.165) is 27.8 Å². The minimum atomic E-state index is -0.974. The molecular weight excluding hydrogens is 312 g/mol. The molecule has 0 fully saturated rings. The van der Waals surface area contributed by atoms with Crippen molar-refractivity contribution in [1.29, 1.82) is 0 Å². The number of rotatable bonds is 5. The van der Waals surface area contributed by atoms with Crippen LogP contribution in [0.5, 0.6) is 5.75 Å².